The highest BCUT2D eigenvalue weighted by Gasteiger charge is 2.29. The monoisotopic (exact) mass is 813 g/mol. The van der Waals surface area contributed by atoms with Crippen LogP contribution >= 0.6 is 0 Å². The van der Waals surface area contributed by atoms with E-state index in [2.05, 4.69) is 59.7 Å². The summed E-state index contributed by atoms with van der Waals surface area (Å²) in [6.45, 7) is 16.6. The lowest BCUT2D eigenvalue weighted by Gasteiger charge is -2.19. The van der Waals surface area contributed by atoms with Crippen LogP contribution in [0.15, 0.2) is 103 Å². The Morgan fingerprint density at radius 3 is 1.07 bits per heavy atom. The van der Waals surface area contributed by atoms with Gasteiger partial charge >= 0.3 is 0 Å². The third-order valence-electron chi connectivity index (χ3n) is 11.0. The van der Waals surface area contributed by atoms with Gasteiger partial charge in [0.2, 0.25) is 0 Å². The van der Waals surface area contributed by atoms with E-state index < -0.39 is 5.79 Å². The quantitative estimate of drug-likeness (QED) is 0.0463. The molecule has 0 aromatic heterocycles. The van der Waals surface area contributed by atoms with Crippen LogP contribution in [0.1, 0.15) is 142 Å². The number of hydrogen-bond donors (Lipinski definition) is 0. The van der Waals surface area contributed by atoms with Crippen LogP contribution in [0, 0.1) is 17.8 Å². The maximum atomic E-state index is 6.39. The largest absolute Gasteiger partial charge is 0.493 e. The van der Waals surface area contributed by atoms with Gasteiger partial charge in [-0.2, -0.15) is 15.3 Å². The molecule has 10 heteroatoms. The van der Waals surface area contributed by atoms with Crippen LogP contribution in [0.2, 0.25) is 6.04 Å². The molecule has 3 rings (SSSR count). The SMILES string of the molecule is CCCCC(CC)COc1ccccc1CN=NC(CC[SiH3])(N=NCc1ccccc1OCC(CC)CCCC)N=NCc1ccccc1OCC(CC)CCCC. The van der Waals surface area contributed by atoms with Crippen molar-refractivity contribution >= 4 is 10.2 Å². The molecule has 3 aromatic rings. The van der Waals surface area contributed by atoms with Crippen molar-refractivity contribution in [1.29, 1.82) is 0 Å². The highest BCUT2D eigenvalue weighted by atomic mass is 28.1. The summed E-state index contributed by atoms with van der Waals surface area (Å²) in [6.07, 6.45) is 14.6. The van der Waals surface area contributed by atoms with Crippen LogP contribution in [0.4, 0.5) is 0 Å². The van der Waals surface area contributed by atoms with Crippen LogP contribution < -0.4 is 14.2 Å². The Balaban J connectivity index is 1.89. The highest BCUT2D eigenvalue weighted by molar-refractivity contribution is 6.08. The number of nitrogens with zero attached hydrogens (tertiary/aromatic N) is 6. The summed E-state index contributed by atoms with van der Waals surface area (Å²) in [6, 6.07) is 25.3. The Labute approximate surface area is 354 Å². The molecule has 0 amide bonds. The minimum atomic E-state index is -1.28. The van der Waals surface area contributed by atoms with Gasteiger partial charge in [-0.3, -0.25) is 0 Å². The fourth-order valence-electron chi connectivity index (χ4n) is 6.86. The van der Waals surface area contributed by atoms with E-state index in [1.54, 1.807) is 0 Å². The first-order chi connectivity index (χ1) is 28.4. The van der Waals surface area contributed by atoms with Crippen LogP contribution in [0.3, 0.4) is 0 Å². The van der Waals surface area contributed by atoms with E-state index in [1.807, 2.05) is 54.6 Å². The number of rotatable bonds is 32. The first kappa shape index (κ1) is 48.4. The van der Waals surface area contributed by atoms with Crippen LogP contribution in [0.25, 0.3) is 0 Å². The Bertz CT molecular complexity index is 1440. The first-order valence-electron chi connectivity index (χ1n) is 22.7. The molecule has 0 bridgehead atoms. The summed E-state index contributed by atoms with van der Waals surface area (Å²) < 4.78 is 19.2. The lowest BCUT2D eigenvalue weighted by atomic mass is 10.0. The molecule has 0 fully saturated rings. The van der Waals surface area contributed by atoms with Crippen LogP contribution in [-0.4, -0.2) is 35.8 Å². The number of para-hydroxylation sites is 3. The van der Waals surface area contributed by atoms with E-state index in [1.165, 1.54) is 57.8 Å². The van der Waals surface area contributed by atoms with Crippen molar-refractivity contribution in [2.45, 2.75) is 156 Å². The zero-order valence-electron chi connectivity index (χ0n) is 37.2. The second-order valence-corrected chi connectivity index (χ2v) is 16.7. The third kappa shape index (κ3) is 17.9. The van der Waals surface area contributed by atoms with E-state index in [-0.39, 0.29) is 0 Å². The molecule has 0 spiro atoms. The average Bonchev–Trinajstić information content (AvgIpc) is 3.25. The van der Waals surface area contributed by atoms with Gasteiger partial charge in [-0.05, 0) is 55.2 Å². The van der Waals surface area contributed by atoms with Crippen molar-refractivity contribution in [3.8, 4) is 17.2 Å². The van der Waals surface area contributed by atoms with E-state index in [0.29, 0.717) is 63.6 Å². The van der Waals surface area contributed by atoms with Crippen molar-refractivity contribution in [2.24, 2.45) is 48.4 Å². The topological polar surface area (TPSA) is 102 Å². The molecular weight excluding hydrogens is 737 g/mol. The lowest BCUT2D eigenvalue weighted by molar-refractivity contribution is 0.231. The minimum absolute atomic E-state index is 0.344. The number of hydrogen-bond acceptors (Lipinski definition) is 9. The summed E-state index contributed by atoms with van der Waals surface area (Å²) in [5.41, 5.74) is 2.95. The van der Waals surface area contributed by atoms with Crippen molar-refractivity contribution in [3.05, 3.63) is 89.5 Å². The van der Waals surface area contributed by atoms with Crippen molar-refractivity contribution in [2.75, 3.05) is 19.8 Å². The van der Waals surface area contributed by atoms with E-state index >= 15 is 0 Å². The molecule has 0 aliphatic rings. The maximum absolute atomic E-state index is 6.39. The molecule has 9 nitrogen and oxygen atoms in total. The average molecular weight is 813 g/mol. The Kier molecular flexibility index (Phi) is 24.5. The zero-order valence-corrected chi connectivity index (χ0v) is 39.2. The highest BCUT2D eigenvalue weighted by Crippen LogP contribution is 2.29. The smallest absolute Gasteiger partial charge is 0.298 e. The molecule has 3 aromatic carbocycles. The molecule has 0 saturated carbocycles. The normalized spacial score (nSPS) is 14.6. The van der Waals surface area contributed by atoms with Gasteiger partial charge in [0.15, 0.2) is 0 Å². The molecule has 0 N–H and O–H groups in total. The van der Waals surface area contributed by atoms with Gasteiger partial charge in [0.25, 0.3) is 5.79 Å². The lowest BCUT2D eigenvalue weighted by Crippen LogP contribution is -2.20. The number of unbranched alkanes of at least 4 members (excludes halogenated alkanes) is 3. The van der Waals surface area contributed by atoms with Gasteiger partial charge in [0, 0.05) is 33.4 Å². The second kappa shape index (κ2) is 29.3. The molecule has 3 unspecified atom stereocenters. The van der Waals surface area contributed by atoms with Crippen molar-refractivity contribution in [1.82, 2.24) is 0 Å². The summed E-state index contributed by atoms with van der Waals surface area (Å²) in [5.74, 6) is 2.87. The molecule has 0 saturated heterocycles. The van der Waals surface area contributed by atoms with Crippen LogP contribution in [0.5, 0.6) is 17.2 Å². The standard InChI is InChI=1S/C48H76N6O3Si/c1-7-13-22-39(10-4)36-55-45-28-19-16-25-42(45)33-49-52-48(31-32-58,53-50-34-43-26-17-20-29-46(43)56-37-40(11-5)23-14-8-2)54-51-35-44-27-18-21-30-47(44)57-38-41(12-6)24-15-9-3/h16-21,25-30,39-41H,7-15,22-24,31-38H2,1-6,58H3. The fraction of sp³-hybridized carbons (Fsp3) is 0.625. The van der Waals surface area contributed by atoms with Crippen LogP contribution in [-0.2, 0) is 19.6 Å². The van der Waals surface area contributed by atoms with Crippen molar-refractivity contribution < 1.29 is 14.2 Å². The van der Waals surface area contributed by atoms with Gasteiger partial charge in [-0.1, -0.05) is 160 Å². The van der Waals surface area contributed by atoms with Gasteiger partial charge in [-0.25, -0.2) is 0 Å². The molecule has 0 heterocycles. The number of ether oxygens (including phenoxy) is 3. The van der Waals surface area contributed by atoms with Gasteiger partial charge in [-0.15, -0.1) is 15.3 Å². The third-order valence-corrected chi connectivity index (χ3v) is 11.5. The number of benzene rings is 3. The molecular formula is C48H76N6O3Si. The van der Waals surface area contributed by atoms with Gasteiger partial charge in [0.1, 0.15) is 17.2 Å². The molecule has 0 radical (unpaired) electrons. The predicted octanol–water partition coefficient (Wildman–Crippen LogP) is 13.6. The first-order valence-corrected chi connectivity index (χ1v) is 24.1. The van der Waals surface area contributed by atoms with Gasteiger partial charge < -0.3 is 14.2 Å². The van der Waals surface area contributed by atoms with E-state index in [9.17, 15) is 0 Å². The molecule has 0 aliphatic heterocycles. The summed E-state index contributed by atoms with van der Waals surface area (Å²) in [4.78, 5) is 0. The van der Waals surface area contributed by atoms with E-state index in [4.69, 9.17) is 44.9 Å². The molecule has 3 atom stereocenters. The number of azo groups is 3. The Morgan fingerprint density at radius 2 is 0.793 bits per heavy atom. The molecule has 0 aliphatic carbocycles. The summed E-state index contributed by atoms with van der Waals surface area (Å²) in [5, 5.41) is 28.8. The molecule has 58 heavy (non-hydrogen) atoms. The Hall–Kier alpha value is -3.92. The molecule has 320 valence electrons. The minimum Gasteiger partial charge on any atom is -0.493 e. The maximum Gasteiger partial charge on any atom is 0.298 e. The predicted molar refractivity (Wildman–Crippen MR) is 244 cm³/mol. The van der Waals surface area contributed by atoms with Gasteiger partial charge in [0.05, 0.1) is 39.5 Å². The summed E-state index contributed by atoms with van der Waals surface area (Å²) >= 11 is 0. The van der Waals surface area contributed by atoms with E-state index in [0.717, 1.165) is 69.5 Å². The summed E-state index contributed by atoms with van der Waals surface area (Å²) in [7, 11) is 0.951. The Morgan fingerprint density at radius 1 is 0.483 bits per heavy atom. The fourth-order valence-corrected chi connectivity index (χ4v) is 7.53. The zero-order chi connectivity index (χ0) is 41.7. The second-order valence-electron chi connectivity index (χ2n) is 15.7. The van der Waals surface area contributed by atoms with Crippen molar-refractivity contribution in [3.63, 3.8) is 0 Å².